The standard InChI is InChI=1S/C9H17NO2/c1-5-8(11)10-9(6-2)12-7(3)4/h5,7,9H,1,6H2,2-4H3,(H,10,11). The van der Waals surface area contributed by atoms with Crippen molar-refractivity contribution in [3.63, 3.8) is 0 Å². The van der Waals surface area contributed by atoms with Crippen LogP contribution in [0.25, 0.3) is 0 Å². The quantitative estimate of drug-likeness (QED) is 0.502. The van der Waals surface area contributed by atoms with E-state index in [2.05, 4.69) is 11.9 Å². The molecule has 0 fully saturated rings. The highest BCUT2D eigenvalue weighted by Crippen LogP contribution is 1.98. The van der Waals surface area contributed by atoms with Gasteiger partial charge in [0.1, 0.15) is 6.23 Å². The van der Waals surface area contributed by atoms with Gasteiger partial charge in [-0.3, -0.25) is 4.79 Å². The zero-order valence-corrected chi connectivity index (χ0v) is 7.96. The number of nitrogens with one attached hydrogen (secondary N) is 1. The lowest BCUT2D eigenvalue weighted by Crippen LogP contribution is -2.36. The van der Waals surface area contributed by atoms with E-state index in [-0.39, 0.29) is 18.2 Å². The molecule has 0 rings (SSSR count). The molecule has 1 N–H and O–H groups in total. The number of amides is 1. The van der Waals surface area contributed by atoms with Gasteiger partial charge in [0.25, 0.3) is 0 Å². The van der Waals surface area contributed by atoms with Gasteiger partial charge in [-0.2, -0.15) is 0 Å². The van der Waals surface area contributed by atoms with Gasteiger partial charge >= 0.3 is 0 Å². The third-order valence-electron chi connectivity index (χ3n) is 1.30. The highest BCUT2D eigenvalue weighted by molar-refractivity contribution is 5.86. The van der Waals surface area contributed by atoms with E-state index in [0.29, 0.717) is 0 Å². The Kier molecular flexibility index (Phi) is 5.37. The maximum Gasteiger partial charge on any atom is 0.245 e. The average molecular weight is 171 g/mol. The van der Waals surface area contributed by atoms with Gasteiger partial charge in [-0.25, -0.2) is 0 Å². The van der Waals surface area contributed by atoms with Crippen LogP contribution in [0.1, 0.15) is 27.2 Å². The number of hydrogen-bond acceptors (Lipinski definition) is 2. The molecule has 0 heterocycles. The smallest absolute Gasteiger partial charge is 0.245 e. The molecule has 0 aromatic heterocycles. The van der Waals surface area contributed by atoms with Gasteiger partial charge < -0.3 is 10.1 Å². The first-order valence-electron chi connectivity index (χ1n) is 4.18. The molecule has 0 aliphatic heterocycles. The molecule has 0 aliphatic carbocycles. The largest absolute Gasteiger partial charge is 0.356 e. The van der Waals surface area contributed by atoms with Crippen LogP contribution in [0.2, 0.25) is 0 Å². The van der Waals surface area contributed by atoms with Crippen molar-refractivity contribution in [1.29, 1.82) is 0 Å². The second-order valence-electron chi connectivity index (χ2n) is 2.79. The van der Waals surface area contributed by atoms with Crippen molar-refractivity contribution in [3.8, 4) is 0 Å². The number of rotatable bonds is 5. The molecule has 3 heteroatoms. The van der Waals surface area contributed by atoms with Crippen molar-refractivity contribution in [1.82, 2.24) is 5.32 Å². The van der Waals surface area contributed by atoms with Crippen LogP contribution in [0.3, 0.4) is 0 Å². The number of hydrogen-bond donors (Lipinski definition) is 1. The van der Waals surface area contributed by atoms with Crippen molar-refractivity contribution < 1.29 is 9.53 Å². The van der Waals surface area contributed by atoms with Gasteiger partial charge in [0.05, 0.1) is 6.10 Å². The fraction of sp³-hybridized carbons (Fsp3) is 0.667. The zero-order chi connectivity index (χ0) is 9.56. The number of ether oxygens (including phenoxy) is 1. The Morgan fingerprint density at radius 1 is 1.67 bits per heavy atom. The second kappa shape index (κ2) is 5.77. The van der Waals surface area contributed by atoms with Crippen LogP contribution in [0.15, 0.2) is 12.7 Å². The van der Waals surface area contributed by atoms with E-state index < -0.39 is 0 Å². The lowest BCUT2D eigenvalue weighted by Gasteiger charge is -2.19. The third-order valence-corrected chi connectivity index (χ3v) is 1.30. The summed E-state index contributed by atoms with van der Waals surface area (Å²) in [5, 5.41) is 2.67. The summed E-state index contributed by atoms with van der Waals surface area (Å²) in [6, 6.07) is 0. The van der Waals surface area contributed by atoms with Crippen LogP contribution in [0.4, 0.5) is 0 Å². The molecule has 12 heavy (non-hydrogen) atoms. The number of carbonyl (C=O) groups excluding carboxylic acids is 1. The Hall–Kier alpha value is -0.830. The Labute approximate surface area is 73.8 Å². The lowest BCUT2D eigenvalue weighted by atomic mass is 10.4. The minimum Gasteiger partial charge on any atom is -0.356 e. The molecule has 0 spiro atoms. The van der Waals surface area contributed by atoms with Gasteiger partial charge in [-0.1, -0.05) is 13.5 Å². The molecule has 0 aromatic rings. The lowest BCUT2D eigenvalue weighted by molar-refractivity contribution is -0.122. The van der Waals surface area contributed by atoms with E-state index in [1.165, 1.54) is 6.08 Å². The summed E-state index contributed by atoms with van der Waals surface area (Å²) >= 11 is 0. The van der Waals surface area contributed by atoms with Crippen LogP contribution in [0.5, 0.6) is 0 Å². The summed E-state index contributed by atoms with van der Waals surface area (Å²) in [4.78, 5) is 10.9. The minimum atomic E-state index is -0.199. The Morgan fingerprint density at radius 2 is 2.25 bits per heavy atom. The monoisotopic (exact) mass is 171 g/mol. The fourth-order valence-corrected chi connectivity index (χ4v) is 0.778. The van der Waals surface area contributed by atoms with E-state index in [4.69, 9.17) is 4.74 Å². The summed E-state index contributed by atoms with van der Waals surface area (Å²) in [6.07, 6.45) is 1.93. The van der Waals surface area contributed by atoms with Crippen molar-refractivity contribution in [2.45, 2.75) is 39.5 Å². The topological polar surface area (TPSA) is 38.3 Å². The average Bonchev–Trinajstić information content (AvgIpc) is 2.02. The SMILES string of the molecule is C=CC(=O)NC(CC)OC(C)C. The summed E-state index contributed by atoms with van der Waals surface area (Å²) in [7, 11) is 0. The molecule has 0 saturated carbocycles. The molecule has 70 valence electrons. The van der Waals surface area contributed by atoms with Crippen LogP contribution in [0, 0.1) is 0 Å². The molecule has 0 radical (unpaired) electrons. The molecule has 0 saturated heterocycles. The maximum atomic E-state index is 10.9. The van der Waals surface area contributed by atoms with E-state index >= 15 is 0 Å². The molecule has 1 unspecified atom stereocenters. The fourth-order valence-electron chi connectivity index (χ4n) is 0.778. The van der Waals surface area contributed by atoms with Gasteiger partial charge in [0.15, 0.2) is 0 Å². The van der Waals surface area contributed by atoms with Crippen molar-refractivity contribution in [3.05, 3.63) is 12.7 Å². The molecule has 1 atom stereocenters. The predicted octanol–water partition coefficient (Wildman–Crippen LogP) is 1.45. The second-order valence-corrected chi connectivity index (χ2v) is 2.79. The van der Waals surface area contributed by atoms with Gasteiger partial charge in [0.2, 0.25) is 5.91 Å². The van der Waals surface area contributed by atoms with Crippen LogP contribution in [-0.4, -0.2) is 18.2 Å². The van der Waals surface area contributed by atoms with E-state index in [9.17, 15) is 4.79 Å². The summed E-state index contributed by atoms with van der Waals surface area (Å²) < 4.78 is 5.39. The zero-order valence-electron chi connectivity index (χ0n) is 7.96. The van der Waals surface area contributed by atoms with E-state index in [1.54, 1.807) is 0 Å². The molecule has 0 bridgehead atoms. The van der Waals surface area contributed by atoms with Crippen LogP contribution < -0.4 is 5.32 Å². The summed E-state index contributed by atoms with van der Waals surface area (Å²) in [5.74, 6) is -0.192. The summed E-state index contributed by atoms with van der Waals surface area (Å²) in [6.45, 7) is 9.18. The maximum absolute atomic E-state index is 10.9. The van der Waals surface area contributed by atoms with Gasteiger partial charge in [-0.15, -0.1) is 0 Å². The molecule has 0 aromatic carbocycles. The molecular weight excluding hydrogens is 154 g/mol. The Balaban J connectivity index is 3.82. The van der Waals surface area contributed by atoms with Crippen molar-refractivity contribution in [2.75, 3.05) is 0 Å². The first-order chi connectivity index (χ1) is 5.60. The van der Waals surface area contributed by atoms with Crippen LogP contribution >= 0.6 is 0 Å². The first-order valence-corrected chi connectivity index (χ1v) is 4.18. The van der Waals surface area contributed by atoms with Crippen molar-refractivity contribution in [2.24, 2.45) is 0 Å². The highest BCUT2D eigenvalue weighted by Gasteiger charge is 2.09. The van der Waals surface area contributed by atoms with Crippen molar-refractivity contribution >= 4 is 5.91 Å². The molecule has 0 aliphatic rings. The Bertz CT molecular complexity index is 155. The first kappa shape index (κ1) is 11.2. The minimum absolute atomic E-state index is 0.125. The highest BCUT2D eigenvalue weighted by atomic mass is 16.5. The van der Waals surface area contributed by atoms with E-state index in [1.807, 2.05) is 20.8 Å². The molecular formula is C9H17NO2. The van der Waals surface area contributed by atoms with E-state index in [0.717, 1.165) is 6.42 Å². The van der Waals surface area contributed by atoms with Crippen LogP contribution in [-0.2, 0) is 9.53 Å². The predicted molar refractivity (Wildman–Crippen MR) is 48.6 cm³/mol. The summed E-state index contributed by atoms with van der Waals surface area (Å²) in [5.41, 5.74) is 0. The van der Waals surface area contributed by atoms with Gasteiger partial charge in [0, 0.05) is 0 Å². The molecule has 3 nitrogen and oxygen atoms in total. The Morgan fingerprint density at radius 3 is 2.58 bits per heavy atom. The molecule has 1 amide bonds. The normalized spacial score (nSPS) is 12.7. The van der Waals surface area contributed by atoms with Gasteiger partial charge in [-0.05, 0) is 26.3 Å². The number of carbonyl (C=O) groups is 1. The third kappa shape index (κ3) is 4.91.